The van der Waals surface area contributed by atoms with Gasteiger partial charge < -0.3 is 10.6 Å². The number of benzene rings is 1. The van der Waals surface area contributed by atoms with Crippen LogP contribution >= 0.6 is 12.4 Å². The summed E-state index contributed by atoms with van der Waals surface area (Å²) in [5.41, 5.74) is 2.01. The molecule has 3 rings (SSSR count). The second-order valence-corrected chi connectivity index (χ2v) is 5.80. The summed E-state index contributed by atoms with van der Waals surface area (Å²) in [6.07, 6.45) is 3.46. The fourth-order valence-electron chi connectivity index (χ4n) is 3.05. The van der Waals surface area contributed by atoms with E-state index in [1.807, 2.05) is 24.3 Å². The molecule has 6 heteroatoms. The van der Waals surface area contributed by atoms with Crippen molar-refractivity contribution in [2.45, 2.75) is 37.6 Å². The molecule has 0 aromatic heterocycles. The normalized spacial score (nSPS) is 24.5. The van der Waals surface area contributed by atoms with Gasteiger partial charge in [-0.2, -0.15) is 0 Å². The van der Waals surface area contributed by atoms with Gasteiger partial charge in [-0.1, -0.05) is 12.1 Å². The summed E-state index contributed by atoms with van der Waals surface area (Å²) in [6, 6.07) is 8.49. The lowest BCUT2D eigenvalue weighted by Crippen LogP contribution is -2.39. The third kappa shape index (κ3) is 3.99. The minimum absolute atomic E-state index is 0. The summed E-state index contributed by atoms with van der Waals surface area (Å²) in [5, 5.41) is 9.30. The van der Waals surface area contributed by atoms with Gasteiger partial charge in [0.2, 0.25) is 11.8 Å². The van der Waals surface area contributed by atoms with E-state index in [4.69, 9.17) is 0 Å². The average molecular weight is 324 g/mol. The van der Waals surface area contributed by atoms with E-state index in [1.165, 1.54) is 12.8 Å². The molecule has 22 heavy (non-hydrogen) atoms. The van der Waals surface area contributed by atoms with Crippen molar-refractivity contribution in [3.8, 4) is 0 Å². The molecule has 2 aliphatic rings. The van der Waals surface area contributed by atoms with Crippen molar-refractivity contribution in [3.05, 3.63) is 29.8 Å². The van der Waals surface area contributed by atoms with Crippen LogP contribution in [0.4, 0.5) is 5.69 Å². The maximum absolute atomic E-state index is 11.9. The van der Waals surface area contributed by atoms with Crippen molar-refractivity contribution in [1.82, 2.24) is 10.6 Å². The van der Waals surface area contributed by atoms with Crippen LogP contribution in [0.5, 0.6) is 0 Å². The smallest absolute Gasteiger partial charge is 0.234 e. The van der Waals surface area contributed by atoms with Crippen LogP contribution in [0.25, 0.3) is 0 Å². The third-order valence-electron chi connectivity index (χ3n) is 4.24. The molecular formula is C16H22ClN3O2. The Morgan fingerprint density at radius 1 is 1.23 bits per heavy atom. The van der Waals surface area contributed by atoms with Crippen LogP contribution in [0.3, 0.4) is 0 Å². The lowest BCUT2D eigenvalue weighted by molar-refractivity contribution is -0.134. The van der Waals surface area contributed by atoms with Crippen molar-refractivity contribution in [3.63, 3.8) is 0 Å². The van der Waals surface area contributed by atoms with Gasteiger partial charge in [-0.05, 0) is 43.5 Å². The predicted molar refractivity (Wildman–Crippen MR) is 88.3 cm³/mol. The molecule has 2 heterocycles. The van der Waals surface area contributed by atoms with Crippen LogP contribution < -0.4 is 16.0 Å². The Kier molecular flexibility index (Phi) is 5.80. The zero-order chi connectivity index (χ0) is 14.7. The van der Waals surface area contributed by atoms with Gasteiger partial charge in [-0.25, -0.2) is 0 Å². The van der Waals surface area contributed by atoms with Gasteiger partial charge in [0.25, 0.3) is 0 Å². The van der Waals surface area contributed by atoms with Gasteiger partial charge in [0.05, 0.1) is 5.92 Å². The molecule has 120 valence electrons. The quantitative estimate of drug-likeness (QED) is 0.739. The number of amides is 2. The molecular weight excluding hydrogens is 302 g/mol. The second kappa shape index (κ2) is 7.61. The molecule has 2 aliphatic heterocycles. The summed E-state index contributed by atoms with van der Waals surface area (Å²) in [6.45, 7) is 2.00. The van der Waals surface area contributed by atoms with E-state index >= 15 is 0 Å². The summed E-state index contributed by atoms with van der Waals surface area (Å²) >= 11 is 0. The topological polar surface area (TPSA) is 70.2 Å². The highest BCUT2D eigenvalue weighted by atomic mass is 35.5. The molecule has 0 aliphatic carbocycles. The van der Waals surface area contributed by atoms with Gasteiger partial charge in [0.1, 0.15) is 0 Å². The van der Waals surface area contributed by atoms with Gasteiger partial charge >= 0.3 is 0 Å². The lowest BCUT2D eigenvalue weighted by Gasteiger charge is -2.22. The Bertz CT molecular complexity index is 544. The Hall–Kier alpha value is -1.59. The van der Waals surface area contributed by atoms with Crippen LogP contribution in [0.1, 0.15) is 37.2 Å². The number of hydrogen-bond donors (Lipinski definition) is 3. The number of carbonyl (C=O) groups is 2. The predicted octanol–water partition coefficient (Wildman–Crippen LogP) is 1.79. The summed E-state index contributed by atoms with van der Waals surface area (Å²) in [5.74, 6) is -0.562. The Morgan fingerprint density at radius 2 is 2.09 bits per heavy atom. The first kappa shape index (κ1) is 16.8. The Morgan fingerprint density at radius 3 is 2.82 bits per heavy atom. The van der Waals surface area contributed by atoms with Crippen LogP contribution in [-0.2, 0) is 9.59 Å². The van der Waals surface area contributed by atoms with Crippen molar-refractivity contribution >= 4 is 29.9 Å². The molecule has 1 aromatic rings. The molecule has 3 N–H and O–H groups in total. The first-order valence-electron chi connectivity index (χ1n) is 7.63. The van der Waals surface area contributed by atoms with E-state index in [2.05, 4.69) is 16.0 Å². The largest absolute Gasteiger partial charge is 0.383 e. The van der Waals surface area contributed by atoms with E-state index < -0.39 is 0 Å². The molecule has 0 saturated carbocycles. The molecule has 2 saturated heterocycles. The van der Waals surface area contributed by atoms with E-state index in [1.54, 1.807) is 0 Å². The Balaban J connectivity index is 0.00000176. The molecule has 1 unspecified atom stereocenters. The molecule has 0 bridgehead atoms. The highest BCUT2D eigenvalue weighted by Gasteiger charge is 2.27. The first-order chi connectivity index (χ1) is 10.2. The summed E-state index contributed by atoms with van der Waals surface area (Å²) in [7, 11) is 0. The van der Waals surface area contributed by atoms with E-state index in [0.717, 1.165) is 24.3 Å². The van der Waals surface area contributed by atoms with Gasteiger partial charge in [-0.3, -0.25) is 14.9 Å². The number of imide groups is 1. The highest BCUT2D eigenvalue weighted by Crippen LogP contribution is 2.26. The minimum atomic E-state index is -0.214. The molecule has 5 nitrogen and oxygen atoms in total. The lowest BCUT2D eigenvalue weighted by atomic mass is 9.90. The zero-order valence-corrected chi connectivity index (χ0v) is 13.2. The standard InChI is InChI=1S/C16H21N3O2.ClH/c20-15-7-6-14(16(21)19-15)11-3-1-4-12(9-11)18-10-13-5-2-8-17-13;/h1,3-4,9,13-14,17-18H,2,5-8,10H2,(H,19,20,21);1H/t13-,14?;/m1./s1. The number of piperidine rings is 1. The van der Waals surface area contributed by atoms with Crippen LogP contribution in [0.15, 0.2) is 24.3 Å². The van der Waals surface area contributed by atoms with Crippen molar-refractivity contribution in [2.24, 2.45) is 0 Å². The van der Waals surface area contributed by atoms with Crippen LogP contribution in [-0.4, -0.2) is 30.9 Å². The monoisotopic (exact) mass is 323 g/mol. The summed E-state index contributed by atoms with van der Waals surface area (Å²) in [4.78, 5) is 23.1. The number of carbonyl (C=O) groups excluding carboxylic acids is 2. The second-order valence-electron chi connectivity index (χ2n) is 5.80. The van der Waals surface area contributed by atoms with Gasteiger partial charge in [0, 0.05) is 24.7 Å². The molecule has 2 atom stereocenters. The highest BCUT2D eigenvalue weighted by molar-refractivity contribution is 6.01. The number of rotatable bonds is 4. The summed E-state index contributed by atoms with van der Waals surface area (Å²) < 4.78 is 0. The van der Waals surface area contributed by atoms with Crippen LogP contribution in [0, 0.1) is 0 Å². The van der Waals surface area contributed by atoms with E-state index in [0.29, 0.717) is 18.9 Å². The minimum Gasteiger partial charge on any atom is -0.383 e. The molecule has 0 spiro atoms. The molecule has 1 aromatic carbocycles. The van der Waals surface area contributed by atoms with Crippen molar-refractivity contribution in [2.75, 3.05) is 18.4 Å². The van der Waals surface area contributed by atoms with Crippen molar-refractivity contribution in [1.29, 1.82) is 0 Å². The number of halogens is 1. The first-order valence-corrected chi connectivity index (χ1v) is 7.63. The maximum Gasteiger partial charge on any atom is 0.234 e. The van der Waals surface area contributed by atoms with Gasteiger partial charge in [0.15, 0.2) is 0 Å². The maximum atomic E-state index is 11.9. The third-order valence-corrected chi connectivity index (χ3v) is 4.24. The Labute approximate surface area is 136 Å². The SMILES string of the molecule is Cl.O=C1CCC(c2cccc(NC[C@H]3CCCN3)c2)C(=O)N1. The molecule has 2 amide bonds. The van der Waals surface area contributed by atoms with E-state index in [-0.39, 0.29) is 30.1 Å². The number of anilines is 1. The fraction of sp³-hybridized carbons (Fsp3) is 0.500. The zero-order valence-electron chi connectivity index (χ0n) is 12.4. The molecule has 2 fully saturated rings. The van der Waals surface area contributed by atoms with Gasteiger partial charge in [-0.15, -0.1) is 12.4 Å². The number of nitrogens with one attached hydrogen (secondary N) is 3. The van der Waals surface area contributed by atoms with Crippen molar-refractivity contribution < 1.29 is 9.59 Å². The molecule has 0 radical (unpaired) electrons. The van der Waals surface area contributed by atoms with Crippen LogP contribution in [0.2, 0.25) is 0 Å². The average Bonchev–Trinajstić information content (AvgIpc) is 2.99. The number of hydrogen-bond acceptors (Lipinski definition) is 4. The van der Waals surface area contributed by atoms with E-state index in [9.17, 15) is 9.59 Å². The fourth-order valence-corrected chi connectivity index (χ4v) is 3.05.